The van der Waals surface area contributed by atoms with Crippen molar-refractivity contribution in [3.63, 3.8) is 0 Å². The smallest absolute Gasteiger partial charge is 0.228 e. The molecule has 1 aliphatic rings. The first-order chi connectivity index (χ1) is 12.0. The van der Waals surface area contributed by atoms with Gasteiger partial charge in [0.15, 0.2) is 11.6 Å². The highest BCUT2D eigenvalue weighted by molar-refractivity contribution is 5.92. The van der Waals surface area contributed by atoms with Crippen LogP contribution >= 0.6 is 0 Å². The van der Waals surface area contributed by atoms with E-state index >= 15 is 0 Å². The topological polar surface area (TPSA) is 58.2 Å². The summed E-state index contributed by atoms with van der Waals surface area (Å²) in [7, 11) is 0. The lowest BCUT2D eigenvalue weighted by atomic mass is 10.1. The van der Waals surface area contributed by atoms with E-state index in [1.54, 1.807) is 24.3 Å². The Bertz CT molecular complexity index is 787. The predicted octanol–water partition coefficient (Wildman–Crippen LogP) is 2.97. The fraction of sp³-hybridized carbons (Fsp3) is 0.263. The van der Waals surface area contributed by atoms with Crippen LogP contribution in [-0.2, 0) is 22.4 Å². The fourth-order valence-corrected chi connectivity index (χ4v) is 2.46. The van der Waals surface area contributed by atoms with Crippen molar-refractivity contribution in [3.8, 4) is 0 Å². The Hall–Kier alpha value is -2.76. The van der Waals surface area contributed by atoms with Crippen molar-refractivity contribution in [2.24, 2.45) is 0 Å². The molecule has 1 fully saturated rings. The molecule has 0 radical (unpaired) electrons. The van der Waals surface area contributed by atoms with Gasteiger partial charge in [-0.25, -0.2) is 8.78 Å². The van der Waals surface area contributed by atoms with Gasteiger partial charge in [0.05, 0.1) is 12.8 Å². The quantitative estimate of drug-likeness (QED) is 0.846. The van der Waals surface area contributed by atoms with Crippen LogP contribution < -0.4 is 10.6 Å². The van der Waals surface area contributed by atoms with E-state index in [1.165, 1.54) is 12.1 Å². The SMILES string of the molecule is O=C(Cc1cccc(F)c1F)Nc1ccc(CC(=O)NC2CC2)cc1. The third-order valence-electron chi connectivity index (χ3n) is 3.93. The minimum absolute atomic E-state index is 0.00543. The van der Waals surface area contributed by atoms with Gasteiger partial charge in [-0.15, -0.1) is 0 Å². The Morgan fingerprint density at radius 3 is 2.36 bits per heavy atom. The van der Waals surface area contributed by atoms with Crippen molar-refractivity contribution < 1.29 is 18.4 Å². The summed E-state index contributed by atoms with van der Waals surface area (Å²) in [6, 6.07) is 10.9. The molecule has 0 bridgehead atoms. The Morgan fingerprint density at radius 2 is 1.68 bits per heavy atom. The lowest BCUT2D eigenvalue weighted by Gasteiger charge is -2.08. The molecule has 25 heavy (non-hydrogen) atoms. The lowest BCUT2D eigenvalue weighted by Crippen LogP contribution is -2.26. The summed E-state index contributed by atoms with van der Waals surface area (Å²) in [5.41, 5.74) is 1.38. The van der Waals surface area contributed by atoms with Gasteiger partial charge >= 0.3 is 0 Å². The molecule has 2 N–H and O–H groups in total. The number of rotatable bonds is 6. The minimum atomic E-state index is -1.00. The molecule has 6 heteroatoms. The molecular weight excluding hydrogens is 326 g/mol. The standard InChI is InChI=1S/C19H18F2N2O2/c20-16-3-1-2-13(19(16)21)11-18(25)23-14-6-4-12(5-7-14)10-17(24)22-15-8-9-15/h1-7,15H,8-11H2,(H,22,24)(H,23,25). The van der Waals surface area contributed by atoms with Crippen LogP contribution in [0.3, 0.4) is 0 Å². The number of halogens is 2. The summed E-state index contributed by atoms with van der Waals surface area (Å²) < 4.78 is 26.7. The molecule has 0 aromatic heterocycles. The number of amides is 2. The van der Waals surface area contributed by atoms with Gasteiger partial charge in [0.1, 0.15) is 0 Å². The van der Waals surface area contributed by atoms with E-state index in [2.05, 4.69) is 10.6 Å². The second kappa shape index (κ2) is 7.42. The fourth-order valence-electron chi connectivity index (χ4n) is 2.46. The summed E-state index contributed by atoms with van der Waals surface area (Å²) in [4.78, 5) is 23.7. The van der Waals surface area contributed by atoms with Gasteiger partial charge < -0.3 is 10.6 Å². The van der Waals surface area contributed by atoms with Crippen LogP contribution in [0.25, 0.3) is 0 Å². The molecule has 0 aliphatic heterocycles. The number of benzene rings is 2. The Labute approximate surface area is 144 Å². The molecule has 0 saturated heterocycles. The summed E-state index contributed by atoms with van der Waals surface area (Å²) in [5.74, 6) is -2.43. The van der Waals surface area contributed by atoms with Gasteiger partial charge in [0, 0.05) is 17.3 Å². The maximum atomic E-state index is 13.6. The second-order valence-corrected chi connectivity index (χ2v) is 6.15. The molecule has 3 rings (SSSR count). The largest absolute Gasteiger partial charge is 0.353 e. The van der Waals surface area contributed by atoms with Crippen LogP contribution in [0.15, 0.2) is 42.5 Å². The van der Waals surface area contributed by atoms with Crippen molar-refractivity contribution in [2.45, 2.75) is 31.7 Å². The zero-order chi connectivity index (χ0) is 17.8. The maximum Gasteiger partial charge on any atom is 0.228 e. The monoisotopic (exact) mass is 344 g/mol. The van der Waals surface area contributed by atoms with E-state index in [-0.39, 0.29) is 17.9 Å². The molecule has 2 aromatic rings. The first kappa shape index (κ1) is 17.1. The van der Waals surface area contributed by atoms with Gasteiger partial charge in [-0.2, -0.15) is 0 Å². The van der Waals surface area contributed by atoms with E-state index < -0.39 is 17.5 Å². The van der Waals surface area contributed by atoms with E-state index in [4.69, 9.17) is 0 Å². The normalized spacial score (nSPS) is 13.4. The molecule has 0 atom stereocenters. The van der Waals surface area contributed by atoms with Crippen molar-refractivity contribution in [3.05, 3.63) is 65.2 Å². The molecule has 130 valence electrons. The van der Waals surface area contributed by atoms with Gasteiger partial charge in [0.2, 0.25) is 11.8 Å². The number of carbonyl (C=O) groups is 2. The van der Waals surface area contributed by atoms with Gasteiger partial charge in [-0.05, 0) is 36.6 Å². The summed E-state index contributed by atoms with van der Waals surface area (Å²) >= 11 is 0. The van der Waals surface area contributed by atoms with Gasteiger partial charge in [-0.1, -0.05) is 24.3 Å². The van der Waals surface area contributed by atoms with Crippen LogP contribution in [0.2, 0.25) is 0 Å². The average molecular weight is 344 g/mol. The van der Waals surface area contributed by atoms with Gasteiger partial charge in [0.25, 0.3) is 0 Å². The van der Waals surface area contributed by atoms with Crippen LogP contribution in [-0.4, -0.2) is 17.9 Å². The van der Waals surface area contributed by atoms with Crippen LogP contribution in [0.4, 0.5) is 14.5 Å². The molecular formula is C19H18F2N2O2. The lowest BCUT2D eigenvalue weighted by molar-refractivity contribution is -0.120. The number of hydrogen-bond donors (Lipinski definition) is 2. The second-order valence-electron chi connectivity index (χ2n) is 6.15. The highest BCUT2D eigenvalue weighted by atomic mass is 19.2. The molecule has 1 aliphatic carbocycles. The Morgan fingerprint density at radius 1 is 0.960 bits per heavy atom. The number of hydrogen-bond acceptors (Lipinski definition) is 2. The Balaban J connectivity index is 1.54. The summed E-state index contributed by atoms with van der Waals surface area (Å²) in [5, 5.41) is 5.54. The summed E-state index contributed by atoms with van der Waals surface area (Å²) in [6.07, 6.45) is 2.12. The highest BCUT2D eigenvalue weighted by Crippen LogP contribution is 2.19. The number of anilines is 1. The van der Waals surface area contributed by atoms with E-state index in [0.29, 0.717) is 18.2 Å². The zero-order valence-electron chi connectivity index (χ0n) is 13.5. The number of nitrogens with one attached hydrogen (secondary N) is 2. The molecule has 0 unspecified atom stereocenters. The van der Waals surface area contributed by atoms with Crippen molar-refractivity contribution in [2.75, 3.05) is 5.32 Å². The first-order valence-electron chi connectivity index (χ1n) is 8.12. The maximum absolute atomic E-state index is 13.6. The van der Waals surface area contributed by atoms with Crippen LogP contribution in [0.5, 0.6) is 0 Å². The zero-order valence-corrected chi connectivity index (χ0v) is 13.5. The van der Waals surface area contributed by atoms with E-state index in [0.717, 1.165) is 24.5 Å². The first-order valence-corrected chi connectivity index (χ1v) is 8.12. The van der Waals surface area contributed by atoms with Crippen molar-refractivity contribution in [1.29, 1.82) is 0 Å². The summed E-state index contributed by atoms with van der Waals surface area (Å²) in [6.45, 7) is 0. The molecule has 1 saturated carbocycles. The third-order valence-corrected chi connectivity index (χ3v) is 3.93. The molecule has 0 spiro atoms. The van der Waals surface area contributed by atoms with Crippen molar-refractivity contribution in [1.82, 2.24) is 5.32 Å². The molecule has 4 nitrogen and oxygen atoms in total. The van der Waals surface area contributed by atoms with Crippen molar-refractivity contribution >= 4 is 17.5 Å². The number of carbonyl (C=O) groups excluding carboxylic acids is 2. The highest BCUT2D eigenvalue weighted by Gasteiger charge is 2.23. The average Bonchev–Trinajstić information content (AvgIpc) is 3.37. The minimum Gasteiger partial charge on any atom is -0.353 e. The molecule has 0 heterocycles. The van der Waals surface area contributed by atoms with Gasteiger partial charge in [-0.3, -0.25) is 9.59 Å². The van der Waals surface area contributed by atoms with E-state index in [1.807, 2.05) is 0 Å². The van der Waals surface area contributed by atoms with Crippen LogP contribution in [0, 0.1) is 11.6 Å². The third kappa shape index (κ3) is 4.86. The molecule has 2 aromatic carbocycles. The van der Waals surface area contributed by atoms with Crippen LogP contribution in [0.1, 0.15) is 24.0 Å². The molecule has 2 amide bonds. The predicted molar refractivity (Wildman–Crippen MR) is 90.0 cm³/mol. The van der Waals surface area contributed by atoms with E-state index in [9.17, 15) is 18.4 Å². The Kier molecular flexibility index (Phi) is 5.07.